The first-order chi connectivity index (χ1) is 12.0. The Morgan fingerprint density at radius 3 is 2.76 bits per heavy atom. The van der Waals surface area contributed by atoms with Crippen molar-refractivity contribution < 1.29 is 9.53 Å². The zero-order valence-electron chi connectivity index (χ0n) is 13.8. The third-order valence-corrected chi connectivity index (χ3v) is 5.53. The maximum atomic E-state index is 12.8. The van der Waals surface area contributed by atoms with Gasteiger partial charge < -0.3 is 4.74 Å². The number of benzene rings is 2. The van der Waals surface area contributed by atoms with Gasteiger partial charge in [-0.25, -0.2) is 0 Å². The third-order valence-electron chi connectivity index (χ3n) is 3.61. The minimum Gasteiger partial charge on any atom is -0.493 e. The van der Waals surface area contributed by atoms with E-state index in [-0.39, 0.29) is 5.91 Å². The Labute approximate surface area is 165 Å². The van der Waals surface area contributed by atoms with Gasteiger partial charge in [0.1, 0.15) is 5.75 Å². The van der Waals surface area contributed by atoms with Gasteiger partial charge in [0.2, 0.25) is 0 Å². The standard InChI is InChI=1S/C19H16BrNO2S2/c1-3-23-16-8-7-13(10-15(16)20)11-17-18(22)21(19(24)25-17)14-6-4-5-12(2)9-14/h4-11H,3H2,1-2H3/b17-11+. The van der Waals surface area contributed by atoms with Gasteiger partial charge >= 0.3 is 0 Å². The molecular formula is C19H16BrNO2S2. The molecular weight excluding hydrogens is 418 g/mol. The molecule has 1 aliphatic rings. The number of amides is 1. The molecule has 1 saturated heterocycles. The van der Waals surface area contributed by atoms with Crippen molar-refractivity contribution in [2.24, 2.45) is 0 Å². The fourth-order valence-electron chi connectivity index (χ4n) is 2.49. The summed E-state index contributed by atoms with van der Waals surface area (Å²) < 4.78 is 6.92. The van der Waals surface area contributed by atoms with E-state index in [4.69, 9.17) is 17.0 Å². The van der Waals surface area contributed by atoms with E-state index in [9.17, 15) is 4.79 Å². The predicted octanol–water partition coefficient (Wildman–Crippen LogP) is 5.56. The smallest absolute Gasteiger partial charge is 0.270 e. The summed E-state index contributed by atoms with van der Waals surface area (Å²) in [6.45, 7) is 4.54. The molecule has 0 spiro atoms. The van der Waals surface area contributed by atoms with Crippen LogP contribution in [0.4, 0.5) is 5.69 Å². The van der Waals surface area contributed by atoms with E-state index in [0.29, 0.717) is 15.8 Å². The van der Waals surface area contributed by atoms with E-state index < -0.39 is 0 Å². The monoisotopic (exact) mass is 433 g/mol. The maximum absolute atomic E-state index is 12.8. The molecule has 2 aromatic rings. The molecule has 1 heterocycles. The van der Waals surface area contributed by atoms with Crippen LogP contribution in [0.25, 0.3) is 6.08 Å². The minimum absolute atomic E-state index is 0.0920. The van der Waals surface area contributed by atoms with Crippen molar-refractivity contribution in [3.63, 3.8) is 0 Å². The quantitative estimate of drug-likeness (QED) is 0.465. The van der Waals surface area contributed by atoms with E-state index in [1.54, 1.807) is 4.90 Å². The van der Waals surface area contributed by atoms with E-state index in [1.807, 2.05) is 62.4 Å². The maximum Gasteiger partial charge on any atom is 0.270 e. The molecule has 0 N–H and O–H groups in total. The molecule has 25 heavy (non-hydrogen) atoms. The van der Waals surface area contributed by atoms with Crippen molar-refractivity contribution in [1.29, 1.82) is 0 Å². The van der Waals surface area contributed by atoms with Crippen LogP contribution in [0.5, 0.6) is 5.75 Å². The predicted molar refractivity (Wildman–Crippen MR) is 112 cm³/mol. The normalized spacial score (nSPS) is 16.0. The molecule has 0 saturated carbocycles. The number of halogens is 1. The number of carbonyl (C=O) groups excluding carboxylic acids is 1. The van der Waals surface area contributed by atoms with Crippen LogP contribution in [0.2, 0.25) is 0 Å². The van der Waals surface area contributed by atoms with Gasteiger partial charge in [0.05, 0.1) is 21.7 Å². The number of thiocarbonyl (C=S) groups is 1. The van der Waals surface area contributed by atoms with Crippen LogP contribution in [0.15, 0.2) is 51.8 Å². The van der Waals surface area contributed by atoms with E-state index in [0.717, 1.165) is 27.0 Å². The summed E-state index contributed by atoms with van der Waals surface area (Å²) in [5.41, 5.74) is 2.81. The molecule has 3 rings (SSSR count). The average molecular weight is 434 g/mol. The first-order valence-electron chi connectivity index (χ1n) is 7.76. The van der Waals surface area contributed by atoms with Gasteiger partial charge in [0.25, 0.3) is 5.91 Å². The molecule has 1 fully saturated rings. The average Bonchev–Trinajstić information content (AvgIpc) is 2.84. The highest BCUT2D eigenvalue weighted by Gasteiger charge is 2.33. The molecule has 3 nitrogen and oxygen atoms in total. The van der Waals surface area contributed by atoms with E-state index in [1.165, 1.54) is 11.8 Å². The zero-order valence-corrected chi connectivity index (χ0v) is 17.0. The Morgan fingerprint density at radius 2 is 2.08 bits per heavy atom. The van der Waals surface area contributed by atoms with Crippen LogP contribution in [0, 0.1) is 6.92 Å². The molecule has 1 amide bonds. The van der Waals surface area contributed by atoms with E-state index >= 15 is 0 Å². The second-order valence-electron chi connectivity index (χ2n) is 5.48. The molecule has 0 atom stereocenters. The molecule has 0 bridgehead atoms. The number of carbonyl (C=O) groups is 1. The van der Waals surface area contributed by atoms with Gasteiger partial charge in [-0.05, 0) is 71.2 Å². The van der Waals surface area contributed by atoms with Crippen molar-refractivity contribution in [1.82, 2.24) is 0 Å². The highest BCUT2D eigenvalue weighted by atomic mass is 79.9. The number of hydrogen-bond acceptors (Lipinski definition) is 4. The summed E-state index contributed by atoms with van der Waals surface area (Å²) in [6, 6.07) is 13.5. The van der Waals surface area contributed by atoms with Gasteiger partial charge in [-0.1, -0.05) is 42.2 Å². The topological polar surface area (TPSA) is 29.5 Å². The van der Waals surface area contributed by atoms with Gasteiger partial charge in [0.15, 0.2) is 4.32 Å². The highest BCUT2D eigenvalue weighted by molar-refractivity contribution is 9.10. The summed E-state index contributed by atoms with van der Waals surface area (Å²) in [4.78, 5) is 15.0. The van der Waals surface area contributed by atoms with Crippen molar-refractivity contribution in [3.8, 4) is 5.75 Å². The Hall–Kier alpha value is -1.63. The van der Waals surface area contributed by atoms with Crippen LogP contribution in [-0.4, -0.2) is 16.8 Å². The number of thioether (sulfide) groups is 1. The zero-order chi connectivity index (χ0) is 18.0. The number of aryl methyl sites for hydroxylation is 1. The molecule has 0 radical (unpaired) electrons. The van der Waals surface area contributed by atoms with E-state index in [2.05, 4.69) is 15.9 Å². The third kappa shape index (κ3) is 3.97. The molecule has 0 unspecified atom stereocenters. The Kier molecular flexibility index (Phi) is 5.61. The molecule has 0 aliphatic carbocycles. The number of rotatable bonds is 4. The fourth-order valence-corrected chi connectivity index (χ4v) is 4.30. The highest BCUT2D eigenvalue weighted by Crippen LogP contribution is 2.37. The van der Waals surface area contributed by atoms with Crippen molar-refractivity contribution in [3.05, 3.63) is 63.0 Å². The fraction of sp³-hybridized carbons (Fsp3) is 0.158. The lowest BCUT2D eigenvalue weighted by molar-refractivity contribution is -0.113. The SMILES string of the molecule is CCOc1ccc(/C=C2/SC(=S)N(c3cccc(C)c3)C2=O)cc1Br. The lowest BCUT2D eigenvalue weighted by Crippen LogP contribution is -2.27. The number of anilines is 1. The molecule has 2 aromatic carbocycles. The van der Waals surface area contributed by atoms with Crippen molar-refractivity contribution >= 4 is 61.9 Å². The first kappa shape index (κ1) is 18.2. The molecule has 6 heteroatoms. The molecule has 0 aromatic heterocycles. The number of ether oxygens (including phenoxy) is 1. The summed E-state index contributed by atoms with van der Waals surface area (Å²) >= 11 is 10.2. The summed E-state index contributed by atoms with van der Waals surface area (Å²) in [7, 11) is 0. The number of hydrogen-bond donors (Lipinski definition) is 0. The molecule has 128 valence electrons. The van der Waals surface area contributed by atoms with Crippen molar-refractivity contribution in [2.75, 3.05) is 11.5 Å². The largest absolute Gasteiger partial charge is 0.493 e. The summed E-state index contributed by atoms with van der Waals surface area (Å²) in [5.74, 6) is 0.692. The van der Waals surface area contributed by atoms with Crippen LogP contribution >= 0.6 is 39.9 Å². The second kappa shape index (κ2) is 7.72. The van der Waals surface area contributed by atoms with Gasteiger partial charge in [-0.15, -0.1) is 0 Å². The van der Waals surface area contributed by atoms with Crippen molar-refractivity contribution in [2.45, 2.75) is 13.8 Å². The second-order valence-corrected chi connectivity index (χ2v) is 8.01. The van der Waals surface area contributed by atoms with Crippen LogP contribution in [-0.2, 0) is 4.79 Å². The molecule has 1 aliphatic heterocycles. The van der Waals surface area contributed by atoms with Gasteiger partial charge in [-0.3, -0.25) is 9.69 Å². The van der Waals surface area contributed by atoms with Crippen LogP contribution in [0.3, 0.4) is 0 Å². The van der Waals surface area contributed by atoms with Gasteiger partial charge in [-0.2, -0.15) is 0 Å². The van der Waals surface area contributed by atoms with Gasteiger partial charge in [0, 0.05) is 0 Å². The number of nitrogens with zero attached hydrogens (tertiary/aromatic N) is 1. The Morgan fingerprint density at radius 1 is 1.28 bits per heavy atom. The summed E-state index contributed by atoms with van der Waals surface area (Å²) in [6.07, 6.45) is 1.86. The Bertz CT molecular complexity index is 879. The Balaban J connectivity index is 1.89. The summed E-state index contributed by atoms with van der Waals surface area (Å²) in [5, 5.41) is 0. The minimum atomic E-state index is -0.0920. The van der Waals surface area contributed by atoms with Crippen LogP contribution in [0.1, 0.15) is 18.1 Å². The van der Waals surface area contributed by atoms with Crippen LogP contribution < -0.4 is 9.64 Å². The lowest BCUT2D eigenvalue weighted by atomic mass is 10.2. The lowest BCUT2D eigenvalue weighted by Gasteiger charge is -2.14. The first-order valence-corrected chi connectivity index (χ1v) is 9.78.